The monoisotopic (exact) mass is 343 g/mol. The maximum atomic E-state index is 12.5. The molecule has 24 heavy (non-hydrogen) atoms. The summed E-state index contributed by atoms with van der Waals surface area (Å²) in [6, 6.07) is 4.22. The maximum absolute atomic E-state index is 12.5. The first-order chi connectivity index (χ1) is 11.7. The standard InChI is InChI=1S/C19H25N3OS/c1-15-14-24-18(21-15)5-2-6-19(23)22-12-3-4-16(9-13-22)17-7-10-20-11-8-17/h7-8,10-11,14,16H,2-6,9,12-13H2,1H3. The predicted molar refractivity (Wildman–Crippen MR) is 97.2 cm³/mol. The molecule has 0 bridgehead atoms. The molecule has 1 fully saturated rings. The number of hydrogen-bond acceptors (Lipinski definition) is 4. The van der Waals surface area contributed by atoms with E-state index in [0.717, 1.165) is 55.9 Å². The highest BCUT2D eigenvalue weighted by Crippen LogP contribution is 2.27. The smallest absolute Gasteiger partial charge is 0.222 e. The number of aryl methyl sites for hydroxylation is 2. The number of thiazole rings is 1. The first-order valence-corrected chi connectivity index (χ1v) is 9.69. The molecular formula is C19H25N3OS. The molecule has 2 aromatic heterocycles. The van der Waals surface area contributed by atoms with Gasteiger partial charge in [0.2, 0.25) is 5.91 Å². The Morgan fingerprint density at radius 3 is 2.88 bits per heavy atom. The summed E-state index contributed by atoms with van der Waals surface area (Å²) in [7, 11) is 0. The number of amides is 1. The molecule has 0 N–H and O–H groups in total. The molecule has 2 aromatic rings. The summed E-state index contributed by atoms with van der Waals surface area (Å²) in [5.41, 5.74) is 2.44. The number of hydrogen-bond donors (Lipinski definition) is 0. The summed E-state index contributed by atoms with van der Waals surface area (Å²) in [5.74, 6) is 0.864. The summed E-state index contributed by atoms with van der Waals surface area (Å²) in [6.45, 7) is 3.79. The molecule has 0 spiro atoms. The third kappa shape index (κ3) is 4.63. The molecule has 0 saturated carbocycles. The van der Waals surface area contributed by atoms with Gasteiger partial charge in [-0.15, -0.1) is 11.3 Å². The number of pyridine rings is 1. The van der Waals surface area contributed by atoms with Crippen LogP contribution in [0, 0.1) is 6.92 Å². The second-order valence-corrected chi connectivity index (χ2v) is 7.47. The Kier molecular flexibility index (Phi) is 5.96. The molecule has 0 radical (unpaired) electrons. The Balaban J connectivity index is 1.46. The zero-order valence-corrected chi connectivity index (χ0v) is 15.1. The predicted octanol–water partition coefficient (Wildman–Crippen LogP) is 3.97. The number of aromatic nitrogens is 2. The summed E-state index contributed by atoms with van der Waals surface area (Å²) in [4.78, 5) is 23.1. The Bertz CT molecular complexity index is 656. The van der Waals surface area contributed by atoms with Gasteiger partial charge in [0.25, 0.3) is 0 Å². The molecule has 1 amide bonds. The zero-order chi connectivity index (χ0) is 16.8. The van der Waals surface area contributed by atoms with Gasteiger partial charge in [0, 0.05) is 43.0 Å². The van der Waals surface area contributed by atoms with Gasteiger partial charge in [0.05, 0.1) is 5.01 Å². The summed E-state index contributed by atoms with van der Waals surface area (Å²) < 4.78 is 0. The van der Waals surface area contributed by atoms with Crippen LogP contribution in [-0.2, 0) is 11.2 Å². The van der Waals surface area contributed by atoms with E-state index in [9.17, 15) is 4.79 Å². The SMILES string of the molecule is Cc1csc(CCCC(=O)N2CCCC(c3ccncc3)CC2)n1. The van der Waals surface area contributed by atoms with Crippen LogP contribution < -0.4 is 0 Å². The lowest BCUT2D eigenvalue weighted by atomic mass is 9.93. The van der Waals surface area contributed by atoms with E-state index >= 15 is 0 Å². The van der Waals surface area contributed by atoms with Crippen molar-refractivity contribution in [1.82, 2.24) is 14.9 Å². The van der Waals surface area contributed by atoms with Crippen molar-refractivity contribution in [2.24, 2.45) is 0 Å². The van der Waals surface area contributed by atoms with Crippen LogP contribution in [0.4, 0.5) is 0 Å². The average Bonchev–Trinajstić information content (AvgIpc) is 2.86. The van der Waals surface area contributed by atoms with E-state index in [2.05, 4.69) is 32.4 Å². The second kappa shape index (κ2) is 8.38. The van der Waals surface area contributed by atoms with Gasteiger partial charge < -0.3 is 4.90 Å². The van der Waals surface area contributed by atoms with Gasteiger partial charge in [-0.05, 0) is 62.6 Å². The molecule has 0 aromatic carbocycles. The van der Waals surface area contributed by atoms with Crippen molar-refractivity contribution in [3.8, 4) is 0 Å². The minimum atomic E-state index is 0.304. The molecular weight excluding hydrogens is 318 g/mol. The Labute approximate surface area is 147 Å². The highest BCUT2D eigenvalue weighted by atomic mass is 32.1. The number of nitrogens with zero attached hydrogens (tertiary/aromatic N) is 3. The van der Waals surface area contributed by atoms with Gasteiger partial charge in [-0.3, -0.25) is 9.78 Å². The molecule has 1 saturated heterocycles. The topological polar surface area (TPSA) is 46.1 Å². The van der Waals surface area contributed by atoms with Crippen molar-refractivity contribution in [1.29, 1.82) is 0 Å². The molecule has 5 heteroatoms. The number of rotatable bonds is 5. The van der Waals surface area contributed by atoms with Crippen LogP contribution in [-0.4, -0.2) is 33.9 Å². The van der Waals surface area contributed by atoms with Gasteiger partial charge in [-0.25, -0.2) is 4.98 Å². The molecule has 0 aliphatic carbocycles. The number of likely N-dealkylation sites (tertiary alicyclic amines) is 1. The first kappa shape index (κ1) is 17.1. The summed E-state index contributed by atoms with van der Waals surface area (Å²) in [5, 5.41) is 3.22. The Morgan fingerprint density at radius 1 is 1.29 bits per heavy atom. The van der Waals surface area contributed by atoms with E-state index in [1.807, 2.05) is 19.3 Å². The fourth-order valence-electron chi connectivity index (χ4n) is 3.38. The van der Waals surface area contributed by atoms with Crippen molar-refractivity contribution in [2.75, 3.05) is 13.1 Å². The van der Waals surface area contributed by atoms with E-state index in [0.29, 0.717) is 18.2 Å². The van der Waals surface area contributed by atoms with Crippen molar-refractivity contribution < 1.29 is 4.79 Å². The molecule has 128 valence electrons. The van der Waals surface area contributed by atoms with Crippen LogP contribution in [0.1, 0.15) is 54.3 Å². The molecule has 3 rings (SSSR count). The normalized spacial score (nSPS) is 18.4. The van der Waals surface area contributed by atoms with Crippen molar-refractivity contribution >= 4 is 17.2 Å². The minimum Gasteiger partial charge on any atom is -0.343 e. The lowest BCUT2D eigenvalue weighted by molar-refractivity contribution is -0.131. The van der Waals surface area contributed by atoms with Gasteiger partial charge in [-0.2, -0.15) is 0 Å². The summed E-state index contributed by atoms with van der Waals surface area (Å²) in [6.07, 6.45) is 9.48. The third-order valence-corrected chi connectivity index (χ3v) is 5.73. The molecule has 1 aliphatic rings. The highest BCUT2D eigenvalue weighted by molar-refractivity contribution is 7.09. The third-order valence-electron chi connectivity index (χ3n) is 4.71. The average molecular weight is 343 g/mol. The van der Waals surface area contributed by atoms with Crippen LogP contribution in [0.15, 0.2) is 29.9 Å². The van der Waals surface area contributed by atoms with Gasteiger partial charge in [-0.1, -0.05) is 0 Å². The van der Waals surface area contributed by atoms with Gasteiger partial charge >= 0.3 is 0 Å². The fourth-order valence-corrected chi connectivity index (χ4v) is 4.20. The number of carbonyl (C=O) groups is 1. The van der Waals surface area contributed by atoms with E-state index < -0.39 is 0 Å². The lowest BCUT2D eigenvalue weighted by Crippen LogP contribution is -2.31. The van der Waals surface area contributed by atoms with E-state index in [1.165, 1.54) is 5.56 Å². The van der Waals surface area contributed by atoms with Crippen molar-refractivity contribution in [3.05, 3.63) is 46.2 Å². The van der Waals surface area contributed by atoms with Crippen LogP contribution in [0.3, 0.4) is 0 Å². The molecule has 4 nitrogen and oxygen atoms in total. The molecule has 1 atom stereocenters. The Hall–Kier alpha value is -1.75. The largest absolute Gasteiger partial charge is 0.343 e. The molecule has 1 unspecified atom stereocenters. The van der Waals surface area contributed by atoms with Crippen LogP contribution >= 0.6 is 11.3 Å². The fraction of sp³-hybridized carbons (Fsp3) is 0.526. The van der Waals surface area contributed by atoms with Crippen LogP contribution in [0.25, 0.3) is 0 Å². The second-order valence-electron chi connectivity index (χ2n) is 6.53. The number of carbonyl (C=O) groups excluding carboxylic acids is 1. The quantitative estimate of drug-likeness (QED) is 0.825. The maximum Gasteiger partial charge on any atom is 0.222 e. The van der Waals surface area contributed by atoms with Crippen molar-refractivity contribution in [3.63, 3.8) is 0 Å². The molecule has 1 aliphatic heterocycles. The lowest BCUT2D eigenvalue weighted by Gasteiger charge is -2.20. The minimum absolute atomic E-state index is 0.304. The van der Waals surface area contributed by atoms with Crippen molar-refractivity contribution in [2.45, 2.75) is 51.4 Å². The highest BCUT2D eigenvalue weighted by Gasteiger charge is 2.21. The van der Waals surface area contributed by atoms with Crippen LogP contribution in [0.2, 0.25) is 0 Å². The Morgan fingerprint density at radius 2 is 2.12 bits per heavy atom. The molecule has 3 heterocycles. The van der Waals surface area contributed by atoms with Gasteiger partial charge in [0.1, 0.15) is 0 Å². The van der Waals surface area contributed by atoms with E-state index in [-0.39, 0.29) is 0 Å². The van der Waals surface area contributed by atoms with Gasteiger partial charge in [0.15, 0.2) is 0 Å². The van der Waals surface area contributed by atoms with E-state index in [4.69, 9.17) is 0 Å². The first-order valence-electron chi connectivity index (χ1n) is 8.81. The van der Waals surface area contributed by atoms with E-state index in [1.54, 1.807) is 11.3 Å². The zero-order valence-electron chi connectivity index (χ0n) is 14.3. The van der Waals surface area contributed by atoms with Crippen LogP contribution in [0.5, 0.6) is 0 Å². The summed E-state index contributed by atoms with van der Waals surface area (Å²) >= 11 is 1.70.